The van der Waals surface area contributed by atoms with Gasteiger partial charge in [0.2, 0.25) is 5.91 Å². The lowest BCUT2D eigenvalue weighted by Gasteiger charge is -2.39. The lowest BCUT2D eigenvalue weighted by molar-refractivity contribution is -0.125. The minimum atomic E-state index is -0.135. The van der Waals surface area contributed by atoms with Crippen molar-refractivity contribution < 1.29 is 9.53 Å². The maximum absolute atomic E-state index is 12.9. The van der Waals surface area contributed by atoms with E-state index in [1.165, 1.54) is 11.1 Å². The van der Waals surface area contributed by atoms with Crippen molar-refractivity contribution in [1.29, 1.82) is 0 Å². The Labute approximate surface area is 143 Å². The maximum Gasteiger partial charge on any atom is 0.244 e. The topological polar surface area (TPSA) is 32.8 Å². The van der Waals surface area contributed by atoms with Crippen LogP contribution in [0.1, 0.15) is 18.1 Å². The Hall–Kier alpha value is -2.33. The molecule has 126 valence electrons. The fraction of sp³-hybridized carbons (Fsp3) is 0.350. The zero-order valence-electron chi connectivity index (χ0n) is 14.5. The van der Waals surface area contributed by atoms with Crippen molar-refractivity contribution in [1.82, 2.24) is 4.90 Å². The molecule has 2 aromatic carbocycles. The van der Waals surface area contributed by atoms with Crippen LogP contribution in [-0.2, 0) is 11.3 Å². The van der Waals surface area contributed by atoms with Gasteiger partial charge in [0.15, 0.2) is 0 Å². The van der Waals surface area contributed by atoms with Gasteiger partial charge in [-0.1, -0.05) is 30.3 Å². The van der Waals surface area contributed by atoms with E-state index in [9.17, 15) is 4.79 Å². The number of aryl methyl sites for hydroxylation is 1. The van der Waals surface area contributed by atoms with Crippen LogP contribution in [0.15, 0.2) is 48.5 Å². The number of hydrogen-bond acceptors (Lipinski definition) is 3. The van der Waals surface area contributed by atoms with E-state index in [1.54, 1.807) is 7.11 Å². The van der Waals surface area contributed by atoms with E-state index in [4.69, 9.17) is 4.74 Å². The Bertz CT molecular complexity index is 729. The Morgan fingerprint density at radius 3 is 2.67 bits per heavy atom. The SMILES string of the molecule is COc1cccc(N2CCN(Cc3ccccc3C)[C@@H](C)C2=O)c1. The van der Waals surface area contributed by atoms with Gasteiger partial charge in [-0.15, -0.1) is 0 Å². The highest BCUT2D eigenvalue weighted by molar-refractivity contribution is 5.97. The molecule has 0 saturated carbocycles. The number of carbonyl (C=O) groups is 1. The van der Waals surface area contributed by atoms with Gasteiger partial charge in [0.05, 0.1) is 13.2 Å². The van der Waals surface area contributed by atoms with Crippen molar-refractivity contribution in [3.63, 3.8) is 0 Å². The average Bonchev–Trinajstić information content (AvgIpc) is 2.61. The van der Waals surface area contributed by atoms with Gasteiger partial charge in [-0.2, -0.15) is 0 Å². The smallest absolute Gasteiger partial charge is 0.244 e. The number of amides is 1. The van der Waals surface area contributed by atoms with Crippen molar-refractivity contribution in [2.45, 2.75) is 26.4 Å². The summed E-state index contributed by atoms with van der Waals surface area (Å²) in [5.41, 5.74) is 3.46. The molecule has 0 N–H and O–H groups in total. The molecule has 3 rings (SSSR count). The predicted molar refractivity (Wildman–Crippen MR) is 96.4 cm³/mol. The number of rotatable bonds is 4. The molecule has 0 aromatic heterocycles. The average molecular weight is 324 g/mol. The molecule has 1 saturated heterocycles. The van der Waals surface area contributed by atoms with Crippen molar-refractivity contribution in [2.24, 2.45) is 0 Å². The standard InChI is InChI=1S/C20H24N2O2/c1-15-7-4-5-8-17(15)14-21-11-12-22(20(23)16(21)2)18-9-6-10-19(13-18)24-3/h4-10,13,16H,11-12,14H2,1-3H3/t16-/m0/s1. The number of carbonyl (C=O) groups excluding carboxylic acids is 1. The molecule has 1 atom stereocenters. The molecule has 4 nitrogen and oxygen atoms in total. The summed E-state index contributed by atoms with van der Waals surface area (Å²) in [5.74, 6) is 0.915. The molecular weight excluding hydrogens is 300 g/mol. The molecule has 0 bridgehead atoms. The van der Waals surface area contributed by atoms with Gasteiger partial charge in [0.1, 0.15) is 5.75 Å². The van der Waals surface area contributed by atoms with Crippen LogP contribution >= 0.6 is 0 Å². The molecule has 0 spiro atoms. The number of piperazine rings is 1. The third-order valence-corrected chi connectivity index (χ3v) is 4.78. The first-order valence-electron chi connectivity index (χ1n) is 8.34. The Morgan fingerprint density at radius 1 is 1.12 bits per heavy atom. The highest BCUT2D eigenvalue weighted by Gasteiger charge is 2.32. The molecule has 1 fully saturated rings. The number of nitrogens with zero attached hydrogens (tertiary/aromatic N) is 2. The molecule has 1 amide bonds. The summed E-state index contributed by atoms with van der Waals surface area (Å²) in [6.45, 7) is 6.48. The second-order valence-corrected chi connectivity index (χ2v) is 6.26. The molecule has 2 aromatic rings. The van der Waals surface area contributed by atoms with Crippen LogP contribution in [0.5, 0.6) is 5.75 Å². The van der Waals surface area contributed by atoms with Gasteiger partial charge in [0.25, 0.3) is 0 Å². The van der Waals surface area contributed by atoms with Crippen LogP contribution in [0.2, 0.25) is 0 Å². The molecule has 24 heavy (non-hydrogen) atoms. The van der Waals surface area contributed by atoms with Gasteiger partial charge < -0.3 is 9.64 Å². The third-order valence-electron chi connectivity index (χ3n) is 4.78. The van der Waals surface area contributed by atoms with E-state index in [-0.39, 0.29) is 11.9 Å². The Balaban J connectivity index is 1.75. The number of methoxy groups -OCH3 is 1. The minimum absolute atomic E-state index is 0.135. The van der Waals surface area contributed by atoms with Crippen molar-refractivity contribution >= 4 is 11.6 Å². The molecule has 1 heterocycles. The van der Waals surface area contributed by atoms with Gasteiger partial charge in [0, 0.05) is 31.4 Å². The molecule has 1 aliphatic heterocycles. The number of ether oxygens (including phenoxy) is 1. The first kappa shape index (κ1) is 16.5. The molecule has 0 radical (unpaired) electrons. The largest absolute Gasteiger partial charge is 0.497 e. The number of benzene rings is 2. The van der Waals surface area contributed by atoms with Gasteiger partial charge in [-0.05, 0) is 37.1 Å². The lowest BCUT2D eigenvalue weighted by Crippen LogP contribution is -2.55. The second-order valence-electron chi connectivity index (χ2n) is 6.26. The van der Waals surface area contributed by atoms with Crippen LogP contribution in [0.4, 0.5) is 5.69 Å². The van der Waals surface area contributed by atoms with Gasteiger partial charge >= 0.3 is 0 Å². The summed E-state index contributed by atoms with van der Waals surface area (Å²) in [5, 5.41) is 0. The molecule has 1 aliphatic rings. The molecular formula is C20H24N2O2. The molecule has 4 heteroatoms. The van der Waals surface area contributed by atoms with E-state index in [1.807, 2.05) is 42.2 Å². The van der Waals surface area contributed by atoms with Gasteiger partial charge in [-0.3, -0.25) is 9.69 Å². The fourth-order valence-electron chi connectivity index (χ4n) is 3.17. The van der Waals surface area contributed by atoms with E-state index in [0.717, 1.165) is 24.5 Å². The fourth-order valence-corrected chi connectivity index (χ4v) is 3.17. The van der Waals surface area contributed by atoms with Crippen molar-refractivity contribution in [3.05, 3.63) is 59.7 Å². The van der Waals surface area contributed by atoms with Crippen LogP contribution in [0.25, 0.3) is 0 Å². The maximum atomic E-state index is 12.9. The number of hydrogen-bond donors (Lipinski definition) is 0. The normalized spacial score (nSPS) is 18.7. The van der Waals surface area contributed by atoms with Crippen molar-refractivity contribution in [2.75, 3.05) is 25.1 Å². The van der Waals surface area contributed by atoms with Crippen LogP contribution < -0.4 is 9.64 Å². The first-order chi connectivity index (χ1) is 11.6. The monoisotopic (exact) mass is 324 g/mol. The van der Waals surface area contributed by atoms with E-state index < -0.39 is 0 Å². The second kappa shape index (κ2) is 7.05. The summed E-state index contributed by atoms with van der Waals surface area (Å²) in [6, 6.07) is 15.9. The summed E-state index contributed by atoms with van der Waals surface area (Å²) in [4.78, 5) is 17.0. The quantitative estimate of drug-likeness (QED) is 0.865. The van der Waals surface area contributed by atoms with Crippen LogP contribution in [-0.4, -0.2) is 37.0 Å². The van der Waals surface area contributed by atoms with Crippen LogP contribution in [0.3, 0.4) is 0 Å². The minimum Gasteiger partial charge on any atom is -0.497 e. The van der Waals surface area contributed by atoms with Gasteiger partial charge in [-0.25, -0.2) is 0 Å². The van der Waals surface area contributed by atoms with Crippen molar-refractivity contribution in [3.8, 4) is 5.75 Å². The summed E-state index contributed by atoms with van der Waals surface area (Å²) in [6.07, 6.45) is 0. The zero-order chi connectivity index (χ0) is 17.1. The predicted octanol–water partition coefficient (Wildman–Crippen LogP) is 3.24. The van der Waals surface area contributed by atoms with E-state index in [2.05, 4.69) is 30.0 Å². The van der Waals surface area contributed by atoms with Crippen LogP contribution in [0, 0.1) is 6.92 Å². The molecule has 0 unspecified atom stereocenters. The molecule has 0 aliphatic carbocycles. The van der Waals surface area contributed by atoms with E-state index in [0.29, 0.717) is 6.54 Å². The van der Waals surface area contributed by atoms with E-state index >= 15 is 0 Å². The zero-order valence-corrected chi connectivity index (χ0v) is 14.5. The summed E-state index contributed by atoms with van der Waals surface area (Å²) < 4.78 is 5.27. The Morgan fingerprint density at radius 2 is 1.92 bits per heavy atom. The first-order valence-corrected chi connectivity index (χ1v) is 8.34. The lowest BCUT2D eigenvalue weighted by atomic mass is 10.1. The summed E-state index contributed by atoms with van der Waals surface area (Å²) in [7, 11) is 1.64. The highest BCUT2D eigenvalue weighted by Crippen LogP contribution is 2.25. The highest BCUT2D eigenvalue weighted by atomic mass is 16.5. The Kier molecular flexibility index (Phi) is 4.86. The third kappa shape index (κ3) is 3.29. The number of anilines is 1. The summed E-state index contributed by atoms with van der Waals surface area (Å²) >= 11 is 0.